The second-order valence-electron chi connectivity index (χ2n) is 5.27. The molecule has 0 saturated carbocycles. The summed E-state index contributed by atoms with van der Waals surface area (Å²) in [6.07, 6.45) is 8.71. The average Bonchev–Trinajstić information content (AvgIpc) is 2.69. The molecule has 2 heterocycles. The molecule has 2 fully saturated rings. The van der Waals surface area contributed by atoms with E-state index in [-0.39, 0.29) is 0 Å². The molecule has 0 aromatic rings. The first-order chi connectivity index (χ1) is 7.88. The first-order valence-corrected chi connectivity index (χ1v) is 6.87. The molecule has 0 aromatic heterocycles. The molecule has 0 aromatic carbocycles. The van der Waals surface area contributed by atoms with E-state index < -0.39 is 0 Å². The third kappa shape index (κ3) is 3.72. The van der Waals surface area contributed by atoms with Gasteiger partial charge in [-0.15, -0.1) is 0 Å². The van der Waals surface area contributed by atoms with Gasteiger partial charge in [-0.3, -0.25) is 0 Å². The zero-order valence-electron chi connectivity index (χ0n) is 10.6. The van der Waals surface area contributed by atoms with Crippen molar-refractivity contribution in [1.29, 1.82) is 0 Å². The lowest BCUT2D eigenvalue weighted by Gasteiger charge is -2.27. The second-order valence-corrected chi connectivity index (χ2v) is 5.27. The number of hydrogen-bond acceptors (Lipinski definition) is 3. The van der Waals surface area contributed by atoms with Crippen LogP contribution in [0.25, 0.3) is 0 Å². The lowest BCUT2D eigenvalue weighted by molar-refractivity contribution is 0.115. The smallest absolute Gasteiger partial charge is 0.0711 e. The van der Waals surface area contributed by atoms with Crippen LogP contribution in [0, 0.1) is 0 Å². The van der Waals surface area contributed by atoms with Crippen LogP contribution in [-0.2, 0) is 4.74 Å². The van der Waals surface area contributed by atoms with Crippen molar-refractivity contribution >= 4 is 0 Å². The van der Waals surface area contributed by atoms with E-state index in [0.717, 1.165) is 6.54 Å². The Kier molecular flexibility index (Phi) is 5.07. The standard InChI is InChI=1S/C13H26N2O/c1-16-13-9-12(14-10-13)11-15-7-5-3-2-4-6-8-15/h12-14H,2-11H2,1H3. The SMILES string of the molecule is COC1CNC(CN2CCCCCCC2)C1. The molecule has 2 unspecified atom stereocenters. The molecule has 2 atom stereocenters. The molecule has 0 amide bonds. The molecule has 3 nitrogen and oxygen atoms in total. The molecule has 16 heavy (non-hydrogen) atoms. The van der Waals surface area contributed by atoms with Crippen molar-refractivity contribution in [3.05, 3.63) is 0 Å². The maximum atomic E-state index is 5.39. The monoisotopic (exact) mass is 226 g/mol. The van der Waals surface area contributed by atoms with Gasteiger partial charge in [0.1, 0.15) is 0 Å². The van der Waals surface area contributed by atoms with Gasteiger partial charge in [0.2, 0.25) is 0 Å². The Morgan fingerprint density at radius 3 is 2.44 bits per heavy atom. The molecular formula is C13H26N2O. The van der Waals surface area contributed by atoms with Crippen molar-refractivity contribution < 1.29 is 4.74 Å². The number of ether oxygens (including phenoxy) is 1. The summed E-state index contributed by atoms with van der Waals surface area (Å²) in [4.78, 5) is 2.65. The maximum Gasteiger partial charge on any atom is 0.0711 e. The molecular weight excluding hydrogens is 200 g/mol. The predicted octanol–water partition coefficient (Wildman–Crippen LogP) is 1.63. The molecule has 94 valence electrons. The van der Waals surface area contributed by atoms with Gasteiger partial charge < -0.3 is 15.0 Å². The van der Waals surface area contributed by atoms with E-state index in [0.29, 0.717) is 12.1 Å². The van der Waals surface area contributed by atoms with Crippen LogP contribution in [0.4, 0.5) is 0 Å². The van der Waals surface area contributed by atoms with E-state index in [4.69, 9.17) is 4.74 Å². The van der Waals surface area contributed by atoms with Gasteiger partial charge >= 0.3 is 0 Å². The summed E-state index contributed by atoms with van der Waals surface area (Å²) in [7, 11) is 1.82. The summed E-state index contributed by atoms with van der Waals surface area (Å²) in [5.41, 5.74) is 0. The first-order valence-electron chi connectivity index (χ1n) is 6.87. The normalized spacial score (nSPS) is 33.6. The minimum atomic E-state index is 0.444. The molecule has 1 N–H and O–H groups in total. The van der Waals surface area contributed by atoms with Crippen molar-refractivity contribution in [2.45, 2.75) is 50.7 Å². The molecule has 0 spiro atoms. The topological polar surface area (TPSA) is 24.5 Å². The fraction of sp³-hybridized carbons (Fsp3) is 1.00. The van der Waals surface area contributed by atoms with Crippen LogP contribution in [0.5, 0.6) is 0 Å². The highest BCUT2D eigenvalue weighted by molar-refractivity contribution is 4.84. The summed E-state index contributed by atoms with van der Waals surface area (Å²) in [6.45, 7) is 4.86. The lowest BCUT2D eigenvalue weighted by Crippen LogP contribution is -2.39. The number of rotatable bonds is 3. The Labute approximate surface area is 99.5 Å². The fourth-order valence-electron chi connectivity index (χ4n) is 2.91. The largest absolute Gasteiger partial charge is 0.380 e. The van der Waals surface area contributed by atoms with Gasteiger partial charge in [0, 0.05) is 26.2 Å². The van der Waals surface area contributed by atoms with Crippen molar-refractivity contribution in [3.8, 4) is 0 Å². The van der Waals surface area contributed by atoms with Crippen LogP contribution in [-0.4, -0.2) is 50.3 Å². The molecule has 2 rings (SSSR count). The molecule has 0 bridgehead atoms. The Morgan fingerprint density at radius 2 is 1.81 bits per heavy atom. The van der Waals surface area contributed by atoms with Crippen LogP contribution < -0.4 is 5.32 Å². The van der Waals surface area contributed by atoms with Gasteiger partial charge in [0.25, 0.3) is 0 Å². The van der Waals surface area contributed by atoms with Gasteiger partial charge in [0.05, 0.1) is 6.10 Å². The number of nitrogens with one attached hydrogen (secondary N) is 1. The van der Waals surface area contributed by atoms with Gasteiger partial charge in [-0.1, -0.05) is 19.3 Å². The summed E-state index contributed by atoms with van der Waals surface area (Å²) >= 11 is 0. The minimum Gasteiger partial charge on any atom is -0.380 e. The lowest BCUT2D eigenvalue weighted by atomic mass is 10.1. The highest BCUT2D eigenvalue weighted by atomic mass is 16.5. The number of likely N-dealkylation sites (tertiary alicyclic amines) is 1. The predicted molar refractivity (Wildman–Crippen MR) is 66.7 cm³/mol. The second kappa shape index (κ2) is 6.58. The van der Waals surface area contributed by atoms with Crippen LogP contribution >= 0.6 is 0 Å². The number of methoxy groups -OCH3 is 1. The third-order valence-corrected chi connectivity index (χ3v) is 3.94. The van der Waals surface area contributed by atoms with Crippen LogP contribution in [0.2, 0.25) is 0 Å². The fourth-order valence-corrected chi connectivity index (χ4v) is 2.91. The van der Waals surface area contributed by atoms with Crippen molar-refractivity contribution in [3.63, 3.8) is 0 Å². The Hall–Kier alpha value is -0.120. The van der Waals surface area contributed by atoms with E-state index in [9.17, 15) is 0 Å². The summed E-state index contributed by atoms with van der Waals surface area (Å²) in [5.74, 6) is 0. The highest BCUT2D eigenvalue weighted by Gasteiger charge is 2.25. The maximum absolute atomic E-state index is 5.39. The van der Waals surface area contributed by atoms with E-state index >= 15 is 0 Å². The zero-order valence-corrected chi connectivity index (χ0v) is 10.6. The molecule has 2 aliphatic heterocycles. The number of nitrogens with zero attached hydrogens (tertiary/aromatic N) is 1. The van der Waals surface area contributed by atoms with Crippen molar-refractivity contribution in [2.24, 2.45) is 0 Å². The average molecular weight is 226 g/mol. The quantitative estimate of drug-likeness (QED) is 0.791. The third-order valence-electron chi connectivity index (χ3n) is 3.94. The highest BCUT2D eigenvalue weighted by Crippen LogP contribution is 2.14. The minimum absolute atomic E-state index is 0.444. The summed E-state index contributed by atoms with van der Waals surface area (Å²) in [6, 6.07) is 0.657. The summed E-state index contributed by atoms with van der Waals surface area (Å²) in [5, 5.41) is 3.57. The van der Waals surface area contributed by atoms with E-state index in [1.54, 1.807) is 0 Å². The van der Waals surface area contributed by atoms with E-state index in [1.807, 2.05) is 7.11 Å². The van der Waals surface area contributed by atoms with Crippen LogP contribution in [0.15, 0.2) is 0 Å². The van der Waals surface area contributed by atoms with Crippen molar-refractivity contribution in [1.82, 2.24) is 10.2 Å². The first kappa shape index (κ1) is 12.3. The van der Waals surface area contributed by atoms with Gasteiger partial charge in [0.15, 0.2) is 0 Å². The summed E-state index contributed by atoms with van der Waals surface area (Å²) < 4.78 is 5.39. The molecule has 2 saturated heterocycles. The van der Waals surface area contributed by atoms with Gasteiger partial charge in [-0.05, 0) is 32.4 Å². The molecule has 2 aliphatic rings. The number of hydrogen-bond donors (Lipinski definition) is 1. The Bertz CT molecular complexity index is 190. The Morgan fingerprint density at radius 1 is 1.12 bits per heavy atom. The molecule has 3 heteroatoms. The zero-order chi connectivity index (χ0) is 11.2. The Balaban J connectivity index is 1.71. The van der Waals surface area contributed by atoms with Gasteiger partial charge in [-0.2, -0.15) is 0 Å². The molecule has 0 aliphatic carbocycles. The van der Waals surface area contributed by atoms with Crippen LogP contribution in [0.1, 0.15) is 38.5 Å². The van der Waals surface area contributed by atoms with Crippen molar-refractivity contribution in [2.75, 3.05) is 33.3 Å². The van der Waals surface area contributed by atoms with Crippen LogP contribution in [0.3, 0.4) is 0 Å². The van der Waals surface area contributed by atoms with E-state index in [1.165, 1.54) is 58.2 Å². The van der Waals surface area contributed by atoms with Gasteiger partial charge in [-0.25, -0.2) is 0 Å². The van der Waals surface area contributed by atoms with E-state index in [2.05, 4.69) is 10.2 Å². The molecule has 0 radical (unpaired) electrons.